The highest BCUT2D eigenvalue weighted by Crippen LogP contribution is 2.30. The van der Waals surface area contributed by atoms with E-state index in [4.69, 9.17) is 9.47 Å². The summed E-state index contributed by atoms with van der Waals surface area (Å²) in [5, 5.41) is 9.45. The smallest absolute Gasteiger partial charge is 0.337 e. The maximum Gasteiger partial charge on any atom is 0.337 e. The fraction of sp³-hybridized carbons (Fsp3) is 0.158. The van der Waals surface area contributed by atoms with Crippen molar-refractivity contribution >= 4 is 17.6 Å². The zero-order valence-electron chi connectivity index (χ0n) is 13.7. The van der Waals surface area contributed by atoms with E-state index in [9.17, 15) is 10.1 Å². The summed E-state index contributed by atoms with van der Waals surface area (Å²) in [4.78, 5) is 11.4. The van der Waals surface area contributed by atoms with Crippen molar-refractivity contribution in [2.24, 2.45) is 0 Å². The average molecular weight is 323 g/mol. The van der Waals surface area contributed by atoms with Gasteiger partial charge in [0, 0.05) is 0 Å². The van der Waals surface area contributed by atoms with Gasteiger partial charge in [-0.3, -0.25) is 0 Å². The number of esters is 1. The lowest BCUT2D eigenvalue weighted by Gasteiger charge is -2.09. The van der Waals surface area contributed by atoms with Crippen LogP contribution in [0.3, 0.4) is 0 Å². The molecule has 0 aromatic heterocycles. The number of benzene rings is 2. The van der Waals surface area contributed by atoms with E-state index in [0.29, 0.717) is 28.2 Å². The first kappa shape index (κ1) is 17.1. The lowest BCUT2D eigenvalue weighted by atomic mass is 10.0. The number of allylic oxidation sites excluding steroid dienone is 1. The Morgan fingerprint density at radius 3 is 2.12 bits per heavy atom. The highest BCUT2D eigenvalue weighted by Gasteiger charge is 2.09. The van der Waals surface area contributed by atoms with Gasteiger partial charge in [0.1, 0.15) is 0 Å². The first-order valence-corrected chi connectivity index (χ1v) is 7.15. The van der Waals surface area contributed by atoms with E-state index < -0.39 is 5.97 Å². The fourth-order valence-electron chi connectivity index (χ4n) is 2.18. The number of carbonyl (C=O) groups excluding carboxylic acids is 1. The van der Waals surface area contributed by atoms with Crippen molar-refractivity contribution in [3.63, 3.8) is 0 Å². The molecule has 0 saturated carbocycles. The molecule has 0 unspecified atom stereocenters. The van der Waals surface area contributed by atoms with E-state index in [2.05, 4.69) is 10.8 Å². The van der Waals surface area contributed by atoms with Crippen LogP contribution in [-0.2, 0) is 4.74 Å². The number of rotatable bonds is 5. The molecule has 0 aliphatic rings. The van der Waals surface area contributed by atoms with Gasteiger partial charge in [-0.15, -0.1) is 0 Å². The van der Waals surface area contributed by atoms with Crippen LogP contribution in [0.2, 0.25) is 0 Å². The second-order valence-electron chi connectivity index (χ2n) is 4.85. The van der Waals surface area contributed by atoms with Crippen molar-refractivity contribution in [1.82, 2.24) is 0 Å². The molecule has 5 heteroatoms. The average Bonchev–Trinajstić information content (AvgIpc) is 2.65. The third-order valence-electron chi connectivity index (χ3n) is 3.46. The molecule has 0 spiro atoms. The Hall–Kier alpha value is -3.26. The largest absolute Gasteiger partial charge is 0.493 e. The van der Waals surface area contributed by atoms with Gasteiger partial charge in [0.2, 0.25) is 0 Å². The van der Waals surface area contributed by atoms with Crippen LogP contribution < -0.4 is 9.47 Å². The quantitative estimate of drug-likeness (QED) is 0.478. The molecule has 2 rings (SSSR count). The second kappa shape index (κ2) is 7.84. The Labute approximate surface area is 140 Å². The fourth-order valence-corrected chi connectivity index (χ4v) is 2.18. The molecule has 24 heavy (non-hydrogen) atoms. The van der Waals surface area contributed by atoms with Gasteiger partial charge in [-0.25, -0.2) is 4.79 Å². The molecule has 0 fully saturated rings. The lowest BCUT2D eigenvalue weighted by Crippen LogP contribution is -2.00. The van der Waals surface area contributed by atoms with Gasteiger partial charge in [0.25, 0.3) is 0 Å². The predicted octanol–water partition coefficient (Wildman–Crippen LogP) is 3.55. The van der Waals surface area contributed by atoms with Gasteiger partial charge < -0.3 is 14.2 Å². The van der Waals surface area contributed by atoms with Gasteiger partial charge in [-0.2, -0.15) is 5.26 Å². The Balaban J connectivity index is 2.36. The maximum absolute atomic E-state index is 11.4. The monoisotopic (exact) mass is 323 g/mol. The summed E-state index contributed by atoms with van der Waals surface area (Å²) in [5.74, 6) is 0.754. The van der Waals surface area contributed by atoms with Crippen molar-refractivity contribution in [3.8, 4) is 17.6 Å². The molecule has 0 heterocycles. The third-order valence-corrected chi connectivity index (χ3v) is 3.46. The number of ether oxygens (including phenoxy) is 3. The minimum absolute atomic E-state index is 0.397. The van der Waals surface area contributed by atoms with Crippen LogP contribution in [0, 0.1) is 11.3 Å². The number of nitriles is 1. The Morgan fingerprint density at radius 1 is 0.958 bits per heavy atom. The van der Waals surface area contributed by atoms with Gasteiger partial charge in [0.05, 0.1) is 38.5 Å². The lowest BCUT2D eigenvalue weighted by molar-refractivity contribution is 0.0600. The Morgan fingerprint density at radius 2 is 1.58 bits per heavy atom. The van der Waals surface area contributed by atoms with Crippen LogP contribution in [0.4, 0.5) is 0 Å². The van der Waals surface area contributed by atoms with Crippen molar-refractivity contribution in [3.05, 3.63) is 59.2 Å². The normalized spacial score (nSPS) is 10.7. The Bertz CT molecular complexity index is 801. The van der Waals surface area contributed by atoms with Gasteiger partial charge >= 0.3 is 5.97 Å². The van der Waals surface area contributed by atoms with Crippen LogP contribution in [0.1, 0.15) is 21.5 Å². The number of hydrogen-bond donors (Lipinski definition) is 0. The number of hydrogen-bond acceptors (Lipinski definition) is 5. The van der Waals surface area contributed by atoms with Crippen LogP contribution in [0.25, 0.3) is 11.6 Å². The van der Waals surface area contributed by atoms with E-state index in [-0.39, 0.29) is 0 Å². The van der Waals surface area contributed by atoms with Crippen molar-refractivity contribution in [1.29, 1.82) is 5.26 Å². The highest BCUT2D eigenvalue weighted by atomic mass is 16.5. The van der Waals surface area contributed by atoms with Gasteiger partial charge in [0.15, 0.2) is 11.5 Å². The summed E-state index contributed by atoms with van der Waals surface area (Å²) in [6.07, 6.45) is 1.74. The molecule has 2 aromatic rings. The molecule has 0 radical (unpaired) electrons. The summed E-state index contributed by atoms with van der Waals surface area (Å²) < 4.78 is 15.1. The zero-order chi connectivity index (χ0) is 17.5. The molecule has 0 bridgehead atoms. The number of methoxy groups -OCH3 is 3. The van der Waals surface area contributed by atoms with Crippen LogP contribution in [0.15, 0.2) is 42.5 Å². The van der Waals surface area contributed by atoms with E-state index in [0.717, 1.165) is 5.56 Å². The van der Waals surface area contributed by atoms with Crippen molar-refractivity contribution < 1.29 is 19.0 Å². The van der Waals surface area contributed by atoms with Crippen molar-refractivity contribution in [2.45, 2.75) is 0 Å². The molecule has 0 amide bonds. The third kappa shape index (κ3) is 3.73. The van der Waals surface area contributed by atoms with Gasteiger partial charge in [-0.05, 0) is 47.5 Å². The number of carbonyl (C=O) groups is 1. The highest BCUT2D eigenvalue weighted by molar-refractivity contribution is 5.92. The van der Waals surface area contributed by atoms with Crippen LogP contribution in [-0.4, -0.2) is 27.3 Å². The predicted molar refractivity (Wildman–Crippen MR) is 90.8 cm³/mol. The topological polar surface area (TPSA) is 68.6 Å². The molecule has 0 aliphatic carbocycles. The second-order valence-corrected chi connectivity index (χ2v) is 4.85. The first-order chi connectivity index (χ1) is 11.6. The van der Waals surface area contributed by atoms with Crippen LogP contribution in [0.5, 0.6) is 11.5 Å². The molecule has 0 saturated heterocycles. The molecule has 2 aromatic carbocycles. The SMILES string of the molecule is COC(=O)c1ccc(/C=C(\C#N)c2ccc(OC)c(OC)c2)cc1. The van der Waals surface area contributed by atoms with E-state index >= 15 is 0 Å². The van der Waals surface area contributed by atoms with Gasteiger partial charge in [-0.1, -0.05) is 12.1 Å². The minimum atomic E-state index is -0.397. The van der Waals surface area contributed by atoms with Crippen molar-refractivity contribution in [2.75, 3.05) is 21.3 Å². The van der Waals surface area contributed by atoms with E-state index in [1.165, 1.54) is 7.11 Å². The van der Waals surface area contributed by atoms with E-state index in [1.807, 2.05) is 0 Å². The first-order valence-electron chi connectivity index (χ1n) is 7.15. The summed E-state index contributed by atoms with van der Waals surface area (Å²) >= 11 is 0. The van der Waals surface area contributed by atoms with Crippen LogP contribution >= 0.6 is 0 Å². The molecule has 0 atom stereocenters. The van der Waals surface area contributed by atoms with E-state index in [1.54, 1.807) is 62.8 Å². The molecule has 5 nitrogen and oxygen atoms in total. The molecule has 0 aliphatic heterocycles. The Kier molecular flexibility index (Phi) is 5.58. The summed E-state index contributed by atoms with van der Waals surface area (Å²) in [7, 11) is 4.44. The molecule has 0 N–H and O–H groups in total. The number of nitrogens with zero attached hydrogens (tertiary/aromatic N) is 1. The summed E-state index contributed by atoms with van der Waals surface area (Å²) in [6.45, 7) is 0. The summed E-state index contributed by atoms with van der Waals surface area (Å²) in [5.41, 5.74) is 2.45. The summed E-state index contributed by atoms with van der Waals surface area (Å²) in [6, 6.07) is 14.3. The minimum Gasteiger partial charge on any atom is -0.493 e. The molecular formula is C19H17NO4. The standard InChI is InChI=1S/C19H17NO4/c1-22-17-9-8-15(11-18(17)23-2)16(12-20)10-13-4-6-14(7-5-13)19(21)24-3/h4-11H,1-3H3/b16-10+. The molecule has 122 valence electrons. The molecular weight excluding hydrogens is 306 g/mol. The zero-order valence-corrected chi connectivity index (χ0v) is 13.7. The maximum atomic E-state index is 11.4.